The van der Waals surface area contributed by atoms with Crippen molar-refractivity contribution in [1.29, 1.82) is 0 Å². The summed E-state index contributed by atoms with van der Waals surface area (Å²) in [5.41, 5.74) is 5.18. The van der Waals surface area contributed by atoms with Crippen LogP contribution in [0.25, 0.3) is 0 Å². The summed E-state index contributed by atoms with van der Waals surface area (Å²) in [4.78, 5) is 25.7. The van der Waals surface area contributed by atoms with Crippen LogP contribution < -0.4 is 11.1 Å². The molecule has 104 valence electrons. The zero-order chi connectivity index (χ0) is 13.8. The van der Waals surface area contributed by atoms with E-state index in [1.165, 1.54) is 0 Å². The maximum Gasteiger partial charge on any atom is 0.227 e. The molecule has 0 saturated carbocycles. The first-order valence-corrected chi connectivity index (χ1v) is 6.67. The number of carbonyl (C=O) groups excluding carboxylic acids is 2. The summed E-state index contributed by atoms with van der Waals surface area (Å²) in [6, 6.07) is 0. The van der Waals surface area contributed by atoms with Gasteiger partial charge >= 0.3 is 0 Å². The van der Waals surface area contributed by atoms with Crippen molar-refractivity contribution in [2.45, 2.75) is 33.1 Å². The van der Waals surface area contributed by atoms with Gasteiger partial charge in [-0.3, -0.25) is 9.59 Å². The topological polar surface area (TPSA) is 75.4 Å². The Morgan fingerprint density at radius 1 is 1.50 bits per heavy atom. The molecule has 0 aromatic carbocycles. The highest BCUT2D eigenvalue weighted by molar-refractivity contribution is 5.84. The molecule has 1 saturated heterocycles. The molecule has 18 heavy (non-hydrogen) atoms. The van der Waals surface area contributed by atoms with Gasteiger partial charge in [-0.25, -0.2) is 0 Å². The van der Waals surface area contributed by atoms with E-state index in [1.54, 1.807) is 11.9 Å². The number of carbonyl (C=O) groups is 2. The number of hydrogen-bond acceptors (Lipinski definition) is 3. The van der Waals surface area contributed by atoms with Crippen molar-refractivity contribution in [3.05, 3.63) is 0 Å². The lowest BCUT2D eigenvalue weighted by Gasteiger charge is -2.23. The van der Waals surface area contributed by atoms with Crippen LogP contribution in [0.5, 0.6) is 0 Å². The number of nitrogens with two attached hydrogens (primary N) is 1. The fourth-order valence-corrected chi connectivity index (χ4v) is 2.43. The molecule has 0 aromatic rings. The highest BCUT2D eigenvalue weighted by Crippen LogP contribution is 2.30. The van der Waals surface area contributed by atoms with Gasteiger partial charge in [0.15, 0.2) is 0 Å². The first kappa shape index (κ1) is 15.0. The van der Waals surface area contributed by atoms with E-state index in [0.29, 0.717) is 26.1 Å². The largest absolute Gasteiger partial charge is 0.359 e. The second kappa shape index (κ2) is 6.18. The van der Waals surface area contributed by atoms with Crippen molar-refractivity contribution >= 4 is 11.8 Å². The van der Waals surface area contributed by atoms with E-state index in [0.717, 1.165) is 12.8 Å². The second-order valence-corrected chi connectivity index (χ2v) is 5.42. The minimum absolute atomic E-state index is 0.0173. The maximum absolute atomic E-state index is 12.1. The van der Waals surface area contributed by atoms with Gasteiger partial charge in [0, 0.05) is 26.6 Å². The summed E-state index contributed by atoms with van der Waals surface area (Å²) in [5, 5.41) is 2.67. The molecule has 1 aliphatic rings. The van der Waals surface area contributed by atoms with Gasteiger partial charge in [0.25, 0.3) is 0 Å². The van der Waals surface area contributed by atoms with Crippen LogP contribution in [0.1, 0.15) is 33.1 Å². The first-order valence-electron chi connectivity index (χ1n) is 6.67. The monoisotopic (exact) mass is 255 g/mol. The van der Waals surface area contributed by atoms with Gasteiger partial charge in [-0.05, 0) is 25.8 Å². The fraction of sp³-hybridized carbons (Fsp3) is 0.846. The molecule has 5 nitrogen and oxygen atoms in total. The summed E-state index contributed by atoms with van der Waals surface area (Å²) in [6.45, 7) is 5.70. The third-order valence-electron chi connectivity index (χ3n) is 3.98. The second-order valence-electron chi connectivity index (χ2n) is 5.42. The molecule has 0 spiro atoms. The van der Waals surface area contributed by atoms with E-state index in [-0.39, 0.29) is 17.7 Å². The van der Waals surface area contributed by atoms with E-state index in [9.17, 15) is 9.59 Å². The summed E-state index contributed by atoms with van der Waals surface area (Å²) in [7, 11) is 1.64. The summed E-state index contributed by atoms with van der Waals surface area (Å²) in [5.74, 6) is 0.396. The molecular weight excluding hydrogens is 230 g/mol. The molecule has 5 heteroatoms. The van der Waals surface area contributed by atoms with Crippen molar-refractivity contribution in [1.82, 2.24) is 10.2 Å². The van der Waals surface area contributed by atoms with Crippen molar-refractivity contribution in [2.24, 2.45) is 17.1 Å². The van der Waals surface area contributed by atoms with Gasteiger partial charge in [-0.1, -0.05) is 13.3 Å². The smallest absolute Gasteiger partial charge is 0.227 e. The Kier molecular flexibility index (Phi) is 5.14. The normalized spacial score (nSPS) is 25.0. The van der Waals surface area contributed by atoms with Gasteiger partial charge < -0.3 is 16.0 Å². The molecule has 0 aliphatic carbocycles. The standard InChI is InChI=1S/C13H25N3O2/c1-4-10(8-14)7-11(17)16-6-5-13(2,9-16)12(18)15-3/h10H,4-9,14H2,1-3H3,(H,15,18). The summed E-state index contributed by atoms with van der Waals surface area (Å²) < 4.78 is 0. The number of nitrogens with one attached hydrogen (secondary N) is 1. The Hall–Kier alpha value is -1.10. The minimum atomic E-state index is -0.436. The van der Waals surface area contributed by atoms with E-state index in [1.807, 2.05) is 13.8 Å². The molecule has 1 aliphatic heterocycles. The van der Waals surface area contributed by atoms with Crippen molar-refractivity contribution in [3.8, 4) is 0 Å². The summed E-state index contributed by atoms with van der Waals surface area (Å²) in [6.07, 6.45) is 2.15. The van der Waals surface area contributed by atoms with E-state index in [4.69, 9.17) is 5.73 Å². The Morgan fingerprint density at radius 2 is 2.17 bits per heavy atom. The van der Waals surface area contributed by atoms with Crippen molar-refractivity contribution in [2.75, 3.05) is 26.7 Å². The molecule has 0 aromatic heterocycles. The molecule has 1 rings (SSSR count). The van der Waals surface area contributed by atoms with Crippen LogP contribution in [-0.2, 0) is 9.59 Å². The third-order valence-corrected chi connectivity index (χ3v) is 3.98. The Labute approximate surface area is 109 Å². The Balaban J connectivity index is 2.56. The number of likely N-dealkylation sites (tertiary alicyclic amines) is 1. The fourth-order valence-electron chi connectivity index (χ4n) is 2.43. The average molecular weight is 255 g/mol. The Morgan fingerprint density at radius 3 is 2.67 bits per heavy atom. The number of hydrogen-bond donors (Lipinski definition) is 2. The highest BCUT2D eigenvalue weighted by atomic mass is 16.2. The zero-order valence-corrected chi connectivity index (χ0v) is 11.7. The summed E-state index contributed by atoms with van der Waals surface area (Å²) >= 11 is 0. The minimum Gasteiger partial charge on any atom is -0.359 e. The Bertz CT molecular complexity index is 315. The van der Waals surface area contributed by atoms with Crippen LogP contribution in [0.3, 0.4) is 0 Å². The van der Waals surface area contributed by atoms with Crippen LogP contribution in [0.2, 0.25) is 0 Å². The van der Waals surface area contributed by atoms with Crippen molar-refractivity contribution in [3.63, 3.8) is 0 Å². The lowest BCUT2D eigenvalue weighted by atomic mass is 9.89. The van der Waals surface area contributed by atoms with Crippen LogP contribution in [0.15, 0.2) is 0 Å². The third kappa shape index (κ3) is 3.22. The van der Waals surface area contributed by atoms with Crippen LogP contribution in [0.4, 0.5) is 0 Å². The van der Waals surface area contributed by atoms with E-state index < -0.39 is 5.41 Å². The molecule has 1 fully saturated rings. The predicted molar refractivity (Wildman–Crippen MR) is 70.8 cm³/mol. The molecular formula is C13H25N3O2. The molecule has 2 atom stereocenters. The first-order chi connectivity index (χ1) is 8.46. The zero-order valence-electron chi connectivity index (χ0n) is 11.7. The van der Waals surface area contributed by atoms with Gasteiger partial charge in [0.05, 0.1) is 5.41 Å². The van der Waals surface area contributed by atoms with E-state index >= 15 is 0 Å². The van der Waals surface area contributed by atoms with Crippen LogP contribution in [0, 0.1) is 11.3 Å². The predicted octanol–water partition coefficient (Wildman–Crippen LogP) is 0.346. The number of rotatable bonds is 5. The highest BCUT2D eigenvalue weighted by Gasteiger charge is 2.41. The molecule has 1 heterocycles. The van der Waals surface area contributed by atoms with Gasteiger partial charge in [0.2, 0.25) is 11.8 Å². The lowest BCUT2D eigenvalue weighted by molar-refractivity contribution is -0.133. The van der Waals surface area contributed by atoms with Gasteiger partial charge in [0.1, 0.15) is 0 Å². The molecule has 0 radical (unpaired) electrons. The van der Waals surface area contributed by atoms with Gasteiger partial charge in [-0.15, -0.1) is 0 Å². The molecule has 2 unspecified atom stereocenters. The van der Waals surface area contributed by atoms with Crippen LogP contribution >= 0.6 is 0 Å². The van der Waals surface area contributed by atoms with Crippen LogP contribution in [-0.4, -0.2) is 43.4 Å². The molecule has 0 bridgehead atoms. The average Bonchev–Trinajstić information content (AvgIpc) is 2.78. The van der Waals surface area contributed by atoms with Gasteiger partial charge in [-0.2, -0.15) is 0 Å². The quantitative estimate of drug-likeness (QED) is 0.744. The molecule has 2 amide bonds. The number of nitrogens with zero attached hydrogens (tertiary/aromatic N) is 1. The van der Waals surface area contributed by atoms with E-state index in [2.05, 4.69) is 5.32 Å². The SMILES string of the molecule is CCC(CN)CC(=O)N1CCC(C)(C(=O)NC)C1. The maximum atomic E-state index is 12.1. The van der Waals surface area contributed by atoms with Crippen molar-refractivity contribution < 1.29 is 9.59 Å². The lowest BCUT2D eigenvalue weighted by Crippen LogP contribution is -2.40. The molecule has 3 N–H and O–H groups in total. The number of amides is 2.